The third kappa shape index (κ3) is 6.39. The van der Waals surface area contributed by atoms with Crippen LogP contribution in [0.5, 0.6) is 0 Å². The summed E-state index contributed by atoms with van der Waals surface area (Å²) < 4.78 is 34.3. The molecule has 1 heterocycles. The fraction of sp³-hybridized carbons (Fsp3) is 0.636. The van der Waals surface area contributed by atoms with Crippen molar-refractivity contribution < 1.29 is 28.2 Å². The Kier molecular flexibility index (Phi) is 8.77. The van der Waals surface area contributed by atoms with Gasteiger partial charge in [0.1, 0.15) is 5.60 Å². The maximum absolute atomic E-state index is 14.5. The van der Waals surface area contributed by atoms with Crippen molar-refractivity contribution in [3.63, 3.8) is 0 Å². The molecule has 2 rings (SSSR count). The third-order valence-electron chi connectivity index (χ3n) is 4.77. The molecule has 1 aromatic rings. The van der Waals surface area contributed by atoms with E-state index in [4.69, 9.17) is 9.84 Å². The van der Waals surface area contributed by atoms with E-state index in [1.807, 2.05) is 44.2 Å². The maximum atomic E-state index is 14.5. The summed E-state index contributed by atoms with van der Waals surface area (Å²) in [6.07, 6.45) is -0.799. The number of aliphatic carboxylic acids is 1. The molecule has 6 nitrogen and oxygen atoms in total. The lowest BCUT2D eigenvalue weighted by Crippen LogP contribution is -2.69. The molecule has 1 amide bonds. The Labute approximate surface area is 177 Å². The fourth-order valence-corrected chi connectivity index (χ4v) is 3.37. The highest BCUT2D eigenvalue weighted by atomic mass is 19.3. The molecule has 30 heavy (non-hydrogen) atoms. The van der Waals surface area contributed by atoms with E-state index in [9.17, 15) is 18.4 Å². The number of ether oxygens (including phenoxy) is 1. The normalized spacial score (nSPS) is 16.6. The SMILES string of the molecule is CC.CC(CC1(C(F)(F)C(=O)O)CN(C(=O)OC(C)(C)C)C1)NCc1ccccc1. The summed E-state index contributed by atoms with van der Waals surface area (Å²) in [4.78, 5) is 24.5. The monoisotopic (exact) mass is 428 g/mol. The number of carboxylic acids is 1. The molecule has 1 unspecified atom stereocenters. The number of hydrogen-bond acceptors (Lipinski definition) is 4. The topological polar surface area (TPSA) is 78.9 Å². The minimum absolute atomic E-state index is 0.0849. The van der Waals surface area contributed by atoms with Crippen LogP contribution in [0.2, 0.25) is 0 Å². The Hall–Kier alpha value is -2.22. The van der Waals surface area contributed by atoms with Crippen LogP contribution >= 0.6 is 0 Å². The summed E-state index contributed by atoms with van der Waals surface area (Å²) in [6.45, 7) is 10.5. The molecule has 2 N–H and O–H groups in total. The van der Waals surface area contributed by atoms with Crippen LogP contribution in [0.15, 0.2) is 30.3 Å². The number of rotatable bonds is 7. The number of nitrogens with zero attached hydrogens (tertiary/aromatic N) is 1. The number of benzene rings is 1. The van der Waals surface area contributed by atoms with E-state index in [-0.39, 0.29) is 25.6 Å². The number of hydrogen-bond donors (Lipinski definition) is 2. The zero-order valence-electron chi connectivity index (χ0n) is 18.7. The number of carboxylic acid groups (broad SMARTS) is 1. The number of carbonyl (C=O) groups is 2. The number of alkyl halides is 2. The van der Waals surface area contributed by atoms with Crippen LogP contribution in [-0.4, -0.2) is 52.7 Å². The molecule has 170 valence electrons. The zero-order chi connectivity index (χ0) is 23.2. The van der Waals surface area contributed by atoms with E-state index in [0.29, 0.717) is 6.54 Å². The van der Waals surface area contributed by atoms with Gasteiger partial charge in [0.05, 0.1) is 5.41 Å². The first-order valence-electron chi connectivity index (χ1n) is 10.2. The number of amides is 1. The molecule has 0 aliphatic carbocycles. The van der Waals surface area contributed by atoms with Crippen molar-refractivity contribution in [2.75, 3.05) is 13.1 Å². The second-order valence-corrected chi connectivity index (χ2v) is 8.47. The second kappa shape index (κ2) is 10.2. The van der Waals surface area contributed by atoms with Gasteiger partial charge in [-0.3, -0.25) is 0 Å². The van der Waals surface area contributed by atoms with Crippen molar-refractivity contribution in [2.24, 2.45) is 5.41 Å². The summed E-state index contributed by atoms with van der Waals surface area (Å²) in [6, 6.07) is 9.10. The molecule has 1 aliphatic rings. The number of nitrogens with one attached hydrogen (secondary N) is 1. The van der Waals surface area contributed by atoms with Gasteiger partial charge in [0.2, 0.25) is 0 Å². The van der Waals surface area contributed by atoms with Crippen LogP contribution in [0.4, 0.5) is 13.6 Å². The van der Waals surface area contributed by atoms with Crippen LogP contribution in [0.25, 0.3) is 0 Å². The highest BCUT2D eigenvalue weighted by molar-refractivity contribution is 5.78. The maximum Gasteiger partial charge on any atom is 0.410 e. The van der Waals surface area contributed by atoms with Crippen molar-refractivity contribution in [3.8, 4) is 0 Å². The highest BCUT2D eigenvalue weighted by Gasteiger charge is 2.66. The van der Waals surface area contributed by atoms with Crippen molar-refractivity contribution >= 4 is 12.1 Å². The van der Waals surface area contributed by atoms with E-state index < -0.39 is 29.0 Å². The molecular weight excluding hydrogens is 394 g/mol. The number of halogens is 2. The van der Waals surface area contributed by atoms with E-state index in [1.165, 1.54) is 0 Å². The van der Waals surface area contributed by atoms with Crippen molar-refractivity contribution in [1.82, 2.24) is 10.2 Å². The van der Waals surface area contributed by atoms with Gasteiger partial charge in [-0.15, -0.1) is 0 Å². The van der Waals surface area contributed by atoms with E-state index >= 15 is 0 Å². The van der Waals surface area contributed by atoms with Gasteiger partial charge < -0.3 is 20.1 Å². The average Bonchev–Trinajstić information content (AvgIpc) is 2.63. The molecule has 0 bridgehead atoms. The van der Waals surface area contributed by atoms with Crippen LogP contribution in [0, 0.1) is 5.41 Å². The molecule has 1 atom stereocenters. The molecule has 1 saturated heterocycles. The highest BCUT2D eigenvalue weighted by Crippen LogP contribution is 2.48. The van der Waals surface area contributed by atoms with Gasteiger partial charge in [0.15, 0.2) is 0 Å². The summed E-state index contributed by atoms with van der Waals surface area (Å²) in [5.41, 5.74) is -1.59. The predicted molar refractivity (Wildman–Crippen MR) is 112 cm³/mol. The molecular formula is C22H34F2N2O4. The minimum Gasteiger partial charge on any atom is -0.477 e. The lowest BCUT2D eigenvalue weighted by atomic mass is 9.69. The summed E-state index contributed by atoms with van der Waals surface area (Å²) >= 11 is 0. The van der Waals surface area contributed by atoms with E-state index in [0.717, 1.165) is 10.5 Å². The van der Waals surface area contributed by atoms with Gasteiger partial charge in [-0.25, -0.2) is 9.59 Å². The van der Waals surface area contributed by atoms with Crippen LogP contribution in [-0.2, 0) is 16.1 Å². The fourth-order valence-electron chi connectivity index (χ4n) is 3.37. The minimum atomic E-state index is -3.95. The Morgan fingerprint density at radius 3 is 2.20 bits per heavy atom. The molecule has 1 aromatic carbocycles. The van der Waals surface area contributed by atoms with E-state index in [2.05, 4.69) is 5.32 Å². The van der Waals surface area contributed by atoms with Crippen LogP contribution in [0.3, 0.4) is 0 Å². The van der Waals surface area contributed by atoms with Gasteiger partial charge in [0, 0.05) is 25.7 Å². The first-order valence-corrected chi connectivity index (χ1v) is 10.2. The van der Waals surface area contributed by atoms with Crippen molar-refractivity contribution in [2.45, 2.75) is 72.1 Å². The third-order valence-corrected chi connectivity index (χ3v) is 4.77. The van der Waals surface area contributed by atoms with Crippen molar-refractivity contribution in [1.29, 1.82) is 0 Å². The number of carbonyl (C=O) groups excluding carboxylic acids is 1. The molecule has 8 heteroatoms. The molecule has 1 fully saturated rings. The average molecular weight is 429 g/mol. The Bertz CT molecular complexity index is 699. The quantitative estimate of drug-likeness (QED) is 0.667. The predicted octanol–water partition coefficient (Wildman–Crippen LogP) is 4.54. The summed E-state index contributed by atoms with van der Waals surface area (Å²) in [7, 11) is 0. The Balaban J connectivity index is 0.00000218. The molecule has 0 saturated carbocycles. The lowest BCUT2D eigenvalue weighted by molar-refractivity contribution is -0.214. The lowest BCUT2D eigenvalue weighted by Gasteiger charge is -2.52. The molecule has 0 spiro atoms. The van der Waals surface area contributed by atoms with Gasteiger partial charge in [-0.2, -0.15) is 8.78 Å². The van der Waals surface area contributed by atoms with Crippen LogP contribution < -0.4 is 5.32 Å². The van der Waals surface area contributed by atoms with Gasteiger partial charge in [-0.1, -0.05) is 44.2 Å². The van der Waals surface area contributed by atoms with Gasteiger partial charge >= 0.3 is 18.0 Å². The summed E-state index contributed by atoms with van der Waals surface area (Å²) in [5.74, 6) is -6.12. The first kappa shape index (κ1) is 25.8. The standard InChI is InChI=1S/C20H28F2N2O4.C2H6/c1-14(23-11-15-8-6-5-7-9-15)10-19(20(21,22)16(25)26)12-24(13-19)17(27)28-18(2,3)4;1-2/h5-9,14,23H,10-13H2,1-4H3,(H,25,26);1-2H3. The van der Waals surface area contributed by atoms with Gasteiger partial charge in [0.25, 0.3) is 0 Å². The first-order chi connectivity index (χ1) is 13.9. The molecule has 1 aliphatic heterocycles. The van der Waals surface area contributed by atoms with Gasteiger partial charge in [-0.05, 0) is 39.7 Å². The van der Waals surface area contributed by atoms with E-state index in [1.54, 1.807) is 27.7 Å². The smallest absolute Gasteiger partial charge is 0.410 e. The second-order valence-electron chi connectivity index (χ2n) is 8.47. The number of likely N-dealkylation sites (tertiary alicyclic amines) is 1. The van der Waals surface area contributed by atoms with Crippen molar-refractivity contribution in [3.05, 3.63) is 35.9 Å². The summed E-state index contributed by atoms with van der Waals surface area (Å²) in [5, 5.41) is 12.2. The molecule has 0 radical (unpaired) electrons. The Morgan fingerprint density at radius 2 is 1.73 bits per heavy atom. The van der Waals surface area contributed by atoms with Crippen LogP contribution in [0.1, 0.15) is 53.5 Å². The Morgan fingerprint density at radius 1 is 1.20 bits per heavy atom. The largest absolute Gasteiger partial charge is 0.477 e. The molecule has 0 aromatic heterocycles. The zero-order valence-corrected chi connectivity index (χ0v) is 18.7.